The van der Waals surface area contributed by atoms with E-state index in [1.807, 2.05) is 40.0 Å². The Morgan fingerprint density at radius 2 is 1.89 bits per heavy atom. The van der Waals surface area contributed by atoms with Crippen LogP contribution in [-0.4, -0.2) is 25.2 Å². The van der Waals surface area contributed by atoms with E-state index in [2.05, 4.69) is 17.2 Å². The fourth-order valence-corrected chi connectivity index (χ4v) is 1.38. The van der Waals surface area contributed by atoms with Crippen molar-refractivity contribution < 1.29 is 9.53 Å². The van der Waals surface area contributed by atoms with E-state index in [1.54, 1.807) is 12.1 Å². The molecule has 102 valence electrons. The highest BCUT2D eigenvalue weighted by Gasteiger charge is 2.17. The summed E-state index contributed by atoms with van der Waals surface area (Å²) in [6.07, 6.45) is 0.810. The largest absolute Gasteiger partial charge is 0.456 e. The molecule has 0 spiro atoms. The lowest BCUT2D eigenvalue weighted by Gasteiger charge is -2.19. The van der Waals surface area contributed by atoms with Gasteiger partial charge < -0.3 is 10.1 Å². The molecule has 0 saturated carbocycles. The van der Waals surface area contributed by atoms with Gasteiger partial charge in [0.2, 0.25) is 0 Å². The Morgan fingerprint density at radius 3 is 2.42 bits per heavy atom. The van der Waals surface area contributed by atoms with E-state index >= 15 is 0 Å². The Hall–Kier alpha value is -1.79. The van der Waals surface area contributed by atoms with Crippen molar-refractivity contribution in [1.29, 1.82) is 0 Å². The molecule has 3 nitrogen and oxygen atoms in total. The first-order valence-corrected chi connectivity index (χ1v) is 6.39. The Balaban J connectivity index is 2.65. The predicted octanol–water partition coefficient (Wildman–Crippen LogP) is 2.60. The second kappa shape index (κ2) is 6.96. The molecular formula is C16H21NO2. The fraction of sp³-hybridized carbons (Fsp3) is 0.438. The van der Waals surface area contributed by atoms with E-state index in [0.717, 1.165) is 18.5 Å². The molecule has 0 radical (unpaired) electrons. The van der Waals surface area contributed by atoms with Crippen molar-refractivity contribution in [3.8, 4) is 11.8 Å². The number of hydrogen-bond acceptors (Lipinski definition) is 3. The third kappa shape index (κ3) is 6.08. The van der Waals surface area contributed by atoms with Gasteiger partial charge in [0, 0.05) is 18.5 Å². The third-order valence-corrected chi connectivity index (χ3v) is 2.25. The monoisotopic (exact) mass is 259 g/mol. The molecule has 0 unspecified atom stereocenters. The highest BCUT2D eigenvalue weighted by Crippen LogP contribution is 2.12. The lowest BCUT2D eigenvalue weighted by atomic mass is 10.1. The highest BCUT2D eigenvalue weighted by molar-refractivity contribution is 5.89. The molecule has 0 aromatic heterocycles. The summed E-state index contributed by atoms with van der Waals surface area (Å²) in [5.41, 5.74) is 0.988. The second-order valence-electron chi connectivity index (χ2n) is 5.23. The Bertz CT molecular complexity index is 472. The SMILES string of the molecule is CNCCC#Cc1ccc(C(=O)OC(C)(C)C)cc1. The lowest BCUT2D eigenvalue weighted by Crippen LogP contribution is -2.23. The van der Waals surface area contributed by atoms with Gasteiger partial charge in [0.1, 0.15) is 5.60 Å². The number of ether oxygens (including phenoxy) is 1. The van der Waals surface area contributed by atoms with Crippen LogP contribution in [0.4, 0.5) is 0 Å². The minimum Gasteiger partial charge on any atom is -0.456 e. The number of hydrogen-bond donors (Lipinski definition) is 1. The van der Waals surface area contributed by atoms with E-state index in [1.165, 1.54) is 0 Å². The molecule has 0 saturated heterocycles. The van der Waals surface area contributed by atoms with Gasteiger partial charge >= 0.3 is 5.97 Å². The normalized spacial score (nSPS) is 10.5. The van der Waals surface area contributed by atoms with Crippen LogP contribution >= 0.6 is 0 Å². The van der Waals surface area contributed by atoms with E-state index < -0.39 is 5.60 Å². The first-order chi connectivity index (χ1) is 8.92. The topological polar surface area (TPSA) is 38.3 Å². The highest BCUT2D eigenvalue weighted by atomic mass is 16.6. The molecule has 0 aliphatic carbocycles. The molecule has 0 atom stereocenters. The van der Waals surface area contributed by atoms with Gasteiger partial charge in [0.25, 0.3) is 0 Å². The number of rotatable bonds is 3. The predicted molar refractivity (Wildman–Crippen MR) is 77.0 cm³/mol. The van der Waals surface area contributed by atoms with Gasteiger partial charge in [-0.2, -0.15) is 0 Å². The second-order valence-corrected chi connectivity index (χ2v) is 5.23. The number of benzene rings is 1. The zero-order valence-electron chi connectivity index (χ0n) is 12.0. The van der Waals surface area contributed by atoms with Gasteiger partial charge in [-0.3, -0.25) is 0 Å². The molecule has 0 heterocycles. The summed E-state index contributed by atoms with van der Waals surface area (Å²) in [6.45, 7) is 6.44. The van der Waals surface area contributed by atoms with Crippen LogP contribution in [-0.2, 0) is 4.74 Å². The van der Waals surface area contributed by atoms with E-state index in [-0.39, 0.29) is 5.97 Å². The quantitative estimate of drug-likeness (QED) is 0.515. The molecule has 0 aliphatic heterocycles. The maximum Gasteiger partial charge on any atom is 0.338 e. The van der Waals surface area contributed by atoms with Gasteiger partial charge in [-0.25, -0.2) is 4.79 Å². The van der Waals surface area contributed by atoms with Crippen LogP contribution in [0, 0.1) is 11.8 Å². The summed E-state index contributed by atoms with van der Waals surface area (Å²) < 4.78 is 5.29. The zero-order chi connectivity index (χ0) is 14.3. The van der Waals surface area contributed by atoms with Gasteiger partial charge in [-0.15, -0.1) is 0 Å². The standard InChI is InChI=1S/C16H21NO2/c1-16(2,3)19-15(18)14-10-8-13(9-11-14)7-5-6-12-17-4/h8-11,17H,6,12H2,1-4H3. The summed E-state index contributed by atoms with van der Waals surface area (Å²) >= 11 is 0. The maximum absolute atomic E-state index is 11.8. The Kier molecular flexibility index (Phi) is 5.59. The molecular weight excluding hydrogens is 238 g/mol. The van der Waals surface area contributed by atoms with E-state index in [0.29, 0.717) is 5.56 Å². The molecule has 19 heavy (non-hydrogen) atoms. The summed E-state index contributed by atoms with van der Waals surface area (Å²) in [5.74, 6) is 5.81. The summed E-state index contributed by atoms with van der Waals surface area (Å²) in [7, 11) is 1.90. The first kappa shape index (κ1) is 15.3. The molecule has 0 aliphatic rings. The zero-order valence-corrected chi connectivity index (χ0v) is 12.0. The average molecular weight is 259 g/mol. The Labute approximate surface area is 115 Å². The third-order valence-electron chi connectivity index (χ3n) is 2.25. The van der Waals surface area contributed by atoms with Crippen LogP contribution < -0.4 is 5.32 Å². The van der Waals surface area contributed by atoms with Gasteiger partial charge in [-0.1, -0.05) is 11.8 Å². The minimum absolute atomic E-state index is 0.304. The average Bonchev–Trinajstić information content (AvgIpc) is 2.33. The molecule has 0 bridgehead atoms. The summed E-state index contributed by atoms with van der Waals surface area (Å²) in [5, 5.41) is 3.04. The van der Waals surface area contributed by atoms with E-state index in [4.69, 9.17) is 4.74 Å². The number of nitrogens with one attached hydrogen (secondary N) is 1. The molecule has 1 aromatic carbocycles. The van der Waals surface area contributed by atoms with Crippen molar-refractivity contribution >= 4 is 5.97 Å². The fourth-order valence-electron chi connectivity index (χ4n) is 1.38. The van der Waals surface area contributed by atoms with Crippen molar-refractivity contribution in [1.82, 2.24) is 5.32 Å². The maximum atomic E-state index is 11.8. The van der Waals surface area contributed by atoms with Crippen LogP contribution in [0.1, 0.15) is 43.1 Å². The molecule has 0 amide bonds. The number of carbonyl (C=O) groups is 1. The van der Waals surface area contributed by atoms with Crippen LogP contribution in [0.5, 0.6) is 0 Å². The Morgan fingerprint density at radius 1 is 1.26 bits per heavy atom. The molecule has 1 rings (SSSR count). The van der Waals surface area contributed by atoms with Gasteiger partial charge in [0.15, 0.2) is 0 Å². The van der Waals surface area contributed by atoms with Crippen molar-refractivity contribution in [2.75, 3.05) is 13.6 Å². The molecule has 3 heteroatoms. The molecule has 0 fully saturated rings. The smallest absolute Gasteiger partial charge is 0.338 e. The van der Waals surface area contributed by atoms with Crippen molar-refractivity contribution in [2.24, 2.45) is 0 Å². The van der Waals surface area contributed by atoms with Crippen LogP contribution in [0.25, 0.3) is 0 Å². The minimum atomic E-state index is -0.470. The number of carbonyl (C=O) groups excluding carboxylic acids is 1. The van der Waals surface area contributed by atoms with E-state index in [9.17, 15) is 4.79 Å². The van der Waals surface area contributed by atoms with Crippen molar-refractivity contribution in [2.45, 2.75) is 32.8 Å². The van der Waals surface area contributed by atoms with Crippen LogP contribution in [0.15, 0.2) is 24.3 Å². The molecule has 1 aromatic rings. The lowest BCUT2D eigenvalue weighted by molar-refractivity contribution is 0.00695. The number of esters is 1. The van der Waals surface area contributed by atoms with Crippen molar-refractivity contribution in [3.63, 3.8) is 0 Å². The van der Waals surface area contributed by atoms with Crippen molar-refractivity contribution in [3.05, 3.63) is 35.4 Å². The van der Waals surface area contributed by atoms with Crippen LogP contribution in [0.3, 0.4) is 0 Å². The van der Waals surface area contributed by atoms with Gasteiger partial charge in [0.05, 0.1) is 5.56 Å². The van der Waals surface area contributed by atoms with Crippen LogP contribution in [0.2, 0.25) is 0 Å². The summed E-state index contributed by atoms with van der Waals surface area (Å²) in [4.78, 5) is 11.8. The summed E-state index contributed by atoms with van der Waals surface area (Å²) in [6, 6.07) is 7.17. The van der Waals surface area contributed by atoms with Gasteiger partial charge in [-0.05, 0) is 52.1 Å². The molecule has 1 N–H and O–H groups in total. The first-order valence-electron chi connectivity index (χ1n) is 6.39.